The molecule has 0 bridgehead atoms. The quantitative estimate of drug-likeness (QED) is 0.197. The highest BCUT2D eigenvalue weighted by molar-refractivity contribution is 6.31. The number of hydrogen-bond donors (Lipinski definition) is 3. The standard InChI is InChI=1S/C22H20Cl2F2N2O.C10H11NO4/c23-12-4-5-14-17(8-12)28-20(29)22(14)15(13-2-1-3-16(24)19(13)26)10-27-18(22)9-21(11-25)6-7-21;1-14-9-5-7(10(13)15-2)3-4-8(9)11-6-12/h1-5,8,15,18,27H,6-7,9-11H2,(H,28,29);3-6H,1-2H3,(H,11,12). The third-order valence-corrected chi connectivity index (χ3v) is 9.32. The summed E-state index contributed by atoms with van der Waals surface area (Å²) in [7, 11) is 2.75. The molecule has 2 aliphatic heterocycles. The molecule has 1 saturated carbocycles. The monoisotopic (exact) mass is 645 g/mol. The van der Waals surface area contributed by atoms with Crippen molar-refractivity contribution in [3.63, 3.8) is 0 Å². The fraction of sp³-hybridized carbons (Fsp3) is 0.344. The van der Waals surface area contributed by atoms with Crippen LogP contribution in [-0.2, 0) is 19.7 Å². The van der Waals surface area contributed by atoms with Crippen molar-refractivity contribution in [2.75, 3.05) is 38.1 Å². The molecule has 2 heterocycles. The van der Waals surface area contributed by atoms with Crippen molar-refractivity contribution >= 4 is 52.9 Å². The first-order valence-corrected chi connectivity index (χ1v) is 14.7. The molecule has 6 rings (SSSR count). The SMILES string of the molecule is COC(=O)c1ccc(NC=O)c(OC)c1.O=C1Nc2cc(Cl)ccc2C12C(CC1(CF)CC1)NCC2c1cccc(Cl)c1F. The maximum Gasteiger partial charge on any atom is 0.337 e. The van der Waals surface area contributed by atoms with E-state index in [0.717, 1.165) is 18.4 Å². The third kappa shape index (κ3) is 5.62. The number of halogens is 4. The van der Waals surface area contributed by atoms with Crippen LogP contribution in [0.2, 0.25) is 10.0 Å². The van der Waals surface area contributed by atoms with Crippen molar-refractivity contribution in [3.05, 3.63) is 87.2 Å². The number of nitrogens with one attached hydrogen (secondary N) is 3. The zero-order valence-corrected chi connectivity index (χ0v) is 25.5. The molecular formula is C32H31Cl2F2N3O5. The summed E-state index contributed by atoms with van der Waals surface area (Å²) in [4.78, 5) is 35.0. The molecule has 44 heavy (non-hydrogen) atoms. The molecule has 12 heteroatoms. The van der Waals surface area contributed by atoms with Crippen LogP contribution >= 0.6 is 23.2 Å². The highest BCUT2D eigenvalue weighted by Gasteiger charge is 2.63. The van der Waals surface area contributed by atoms with Crippen LogP contribution in [0.3, 0.4) is 0 Å². The summed E-state index contributed by atoms with van der Waals surface area (Å²) in [6.07, 6.45) is 2.68. The smallest absolute Gasteiger partial charge is 0.337 e. The van der Waals surface area contributed by atoms with Crippen LogP contribution in [0.15, 0.2) is 54.6 Å². The van der Waals surface area contributed by atoms with E-state index in [4.69, 9.17) is 27.9 Å². The van der Waals surface area contributed by atoms with Crippen LogP contribution in [0.25, 0.3) is 0 Å². The van der Waals surface area contributed by atoms with Crippen molar-refractivity contribution in [1.82, 2.24) is 5.32 Å². The van der Waals surface area contributed by atoms with Crippen molar-refractivity contribution < 1.29 is 32.6 Å². The topological polar surface area (TPSA) is 106 Å². The van der Waals surface area contributed by atoms with Crippen molar-refractivity contribution in [3.8, 4) is 5.75 Å². The Bertz CT molecular complexity index is 1600. The van der Waals surface area contributed by atoms with E-state index in [1.54, 1.807) is 36.4 Å². The highest BCUT2D eigenvalue weighted by atomic mass is 35.5. The average Bonchev–Trinajstić information content (AvgIpc) is 3.62. The number of rotatable bonds is 8. The van der Waals surface area contributed by atoms with Gasteiger partial charge in [0.2, 0.25) is 12.3 Å². The summed E-state index contributed by atoms with van der Waals surface area (Å²) in [6, 6.07) is 14.5. The summed E-state index contributed by atoms with van der Waals surface area (Å²) in [5, 5.41) is 9.37. The first-order valence-electron chi connectivity index (χ1n) is 14.0. The molecule has 0 radical (unpaired) electrons. The number of amides is 2. The van der Waals surface area contributed by atoms with Gasteiger partial charge in [-0.05, 0) is 66.8 Å². The second-order valence-electron chi connectivity index (χ2n) is 11.2. The molecule has 1 saturated heterocycles. The lowest BCUT2D eigenvalue weighted by Crippen LogP contribution is -2.49. The van der Waals surface area contributed by atoms with E-state index >= 15 is 4.39 Å². The van der Waals surface area contributed by atoms with Crippen LogP contribution in [0.5, 0.6) is 5.75 Å². The van der Waals surface area contributed by atoms with Gasteiger partial charge in [-0.3, -0.25) is 14.0 Å². The van der Waals surface area contributed by atoms with Crippen LogP contribution < -0.4 is 20.7 Å². The normalized spacial score (nSPS) is 22.4. The van der Waals surface area contributed by atoms with Gasteiger partial charge in [0, 0.05) is 34.6 Å². The molecule has 8 nitrogen and oxygen atoms in total. The molecule has 2 fully saturated rings. The maximum absolute atomic E-state index is 15.0. The van der Waals surface area contributed by atoms with Gasteiger partial charge in [0.05, 0.1) is 42.6 Å². The molecule has 3 unspecified atom stereocenters. The molecule has 3 aliphatic rings. The lowest BCUT2D eigenvalue weighted by atomic mass is 9.64. The molecule has 0 aromatic heterocycles. The summed E-state index contributed by atoms with van der Waals surface area (Å²) < 4.78 is 38.3. The molecule has 232 valence electrons. The molecule has 3 aromatic rings. The second kappa shape index (κ2) is 12.7. The Balaban J connectivity index is 0.000000217. The van der Waals surface area contributed by atoms with E-state index in [2.05, 4.69) is 20.7 Å². The lowest BCUT2D eigenvalue weighted by molar-refractivity contribution is -0.122. The van der Waals surface area contributed by atoms with Crippen molar-refractivity contribution in [2.45, 2.75) is 36.6 Å². The van der Waals surface area contributed by atoms with Gasteiger partial charge in [0.1, 0.15) is 11.6 Å². The van der Waals surface area contributed by atoms with E-state index < -0.39 is 29.8 Å². The zero-order chi connectivity index (χ0) is 31.6. The van der Waals surface area contributed by atoms with Crippen LogP contribution in [-0.4, -0.2) is 51.8 Å². The van der Waals surface area contributed by atoms with E-state index in [1.807, 2.05) is 6.07 Å². The number of alkyl halides is 1. The Morgan fingerprint density at radius 3 is 2.57 bits per heavy atom. The minimum Gasteiger partial charge on any atom is -0.495 e. The molecule has 3 atom stereocenters. The number of benzene rings is 3. The number of fused-ring (bicyclic) bond motifs is 2. The molecule has 3 N–H and O–H groups in total. The minimum atomic E-state index is -1.05. The number of hydrogen-bond acceptors (Lipinski definition) is 6. The lowest BCUT2D eigenvalue weighted by Gasteiger charge is -2.36. The predicted octanol–water partition coefficient (Wildman–Crippen LogP) is 6.27. The van der Waals surface area contributed by atoms with E-state index in [0.29, 0.717) is 52.6 Å². The second-order valence-corrected chi connectivity index (χ2v) is 12.0. The number of methoxy groups -OCH3 is 2. The van der Waals surface area contributed by atoms with Crippen LogP contribution in [0.1, 0.15) is 46.7 Å². The Hall–Kier alpha value is -3.73. The Morgan fingerprint density at radius 2 is 1.91 bits per heavy atom. The Labute approximate surface area is 263 Å². The summed E-state index contributed by atoms with van der Waals surface area (Å²) in [5.74, 6) is -1.23. The van der Waals surface area contributed by atoms with Gasteiger partial charge < -0.3 is 25.4 Å². The number of carbonyl (C=O) groups excluding carboxylic acids is 3. The first-order chi connectivity index (χ1) is 21.1. The van der Waals surface area contributed by atoms with Gasteiger partial charge in [-0.25, -0.2) is 9.18 Å². The summed E-state index contributed by atoms with van der Waals surface area (Å²) in [6.45, 7) is -0.00761. The molecule has 1 aliphatic carbocycles. The third-order valence-electron chi connectivity index (χ3n) is 8.79. The van der Waals surface area contributed by atoms with Crippen molar-refractivity contribution in [2.24, 2.45) is 5.41 Å². The largest absolute Gasteiger partial charge is 0.495 e. The summed E-state index contributed by atoms with van der Waals surface area (Å²) in [5.41, 5.74) is 1.24. The first kappa shape index (κ1) is 31.7. The van der Waals surface area contributed by atoms with Gasteiger partial charge in [0.25, 0.3) is 0 Å². The van der Waals surface area contributed by atoms with Gasteiger partial charge in [-0.2, -0.15) is 0 Å². The predicted molar refractivity (Wildman–Crippen MR) is 164 cm³/mol. The molecule has 1 spiro atoms. The summed E-state index contributed by atoms with van der Waals surface area (Å²) >= 11 is 12.2. The number of ether oxygens (including phenoxy) is 2. The van der Waals surface area contributed by atoms with Gasteiger partial charge in [-0.15, -0.1) is 0 Å². The van der Waals surface area contributed by atoms with E-state index in [-0.39, 0.29) is 22.4 Å². The van der Waals surface area contributed by atoms with Crippen molar-refractivity contribution in [1.29, 1.82) is 0 Å². The van der Waals surface area contributed by atoms with Crippen LogP contribution in [0.4, 0.5) is 20.2 Å². The maximum atomic E-state index is 15.0. The molecule has 3 aromatic carbocycles. The molecular weight excluding hydrogens is 615 g/mol. The number of esters is 1. The molecule has 2 amide bonds. The fourth-order valence-corrected chi connectivity index (χ4v) is 6.70. The van der Waals surface area contributed by atoms with Gasteiger partial charge in [-0.1, -0.05) is 41.4 Å². The number of anilines is 2. The van der Waals surface area contributed by atoms with Gasteiger partial charge >= 0.3 is 5.97 Å². The highest BCUT2D eigenvalue weighted by Crippen LogP contribution is 2.58. The van der Waals surface area contributed by atoms with E-state index in [9.17, 15) is 18.8 Å². The number of carbonyl (C=O) groups is 3. The zero-order valence-electron chi connectivity index (χ0n) is 24.0. The fourth-order valence-electron chi connectivity index (χ4n) is 6.34. The minimum absolute atomic E-state index is 0.0262. The van der Waals surface area contributed by atoms with Crippen LogP contribution in [0, 0.1) is 11.2 Å². The van der Waals surface area contributed by atoms with E-state index in [1.165, 1.54) is 26.4 Å². The Morgan fingerprint density at radius 1 is 1.14 bits per heavy atom. The average molecular weight is 647 g/mol. The Kier molecular flexibility index (Phi) is 9.15. The van der Waals surface area contributed by atoms with Gasteiger partial charge in [0.15, 0.2) is 0 Å².